The van der Waals surface area contributed by atoms with Crippen molar-refractivity contribution in [2.45, 2.75) is 19.4 Å². The largest absolute Gasteiger partial charge is 0.488 e. The number of Topliss-reactive ketones (excluding diaryl/α,β-unsaturated/α-hetero) is 1. The molecule has 35 heavy (non-hydrogen) atoms. The summed E-state index contributed by atoms with van der Waals surface area (Å²) < 4.78 is 12.0. The van der Waals surface area contributed by atoms with Gasteiger partial charge in [-0.2, -0.15) is 0 Å². The van der Waals surface area contributed by atoms with Crippen LogP contribution in [0.2, 0.25) is 5.02 Å². The molecule has 1 aliphatic heterocycles. The Morgan fingerprint density at radius 3 is 2.46 bits per heavy atom. The number of carbonyl (C=O) groups is 2. The number of dihydropyridines is 1. The molecule has 1 atom stereocenters. The van der Waals surface area contributed by atoms with Crippen molar-refractivity contribution >= 4 is 51.6 Å². The first-order valence-electron chi connectivity index (χ1n) is 11.0. The number of ketones is 1. The van der Waals surface area contributed by atoms with Crippen LogP contribution in [0.1, 0.15) is 39.9 Å². The molecule has 0 fully saturated rings. The molecule has 0 spiro atoms. The lowest BCUT2D eigenvalue weighted by atomic mass is 9.80. The molecule has 1 heterocycles. The minimum Gasteiger partial charge on any atom is -0.488 e. The van der Waals surface area contributed by atoms with Crippen LogP contribution in [-0.2, 0) is 16.1 Å². The fraction of sp³-hybridized carbons (Fsp3) is 0.143. The number of nitrogens with one attached hydrogen (secondary N) is 1. The molecule has 0 saturated carbocycles. The molecule has 2 aliphatic rings. The molecule has 1 N–H and O–H groups in total. The SMILES string of the molecule is COC(=O)C1=C(C)NC2=C(C(=O)c3ccccc32)[C@@H]1c1ccc(OCc2ccc(Cl)cc2)c(I)c1. The fourth-order valence-corrected chi connectivity index (χ4v) is 5.42. The van der Waals surface area contributed by atoms with Gasteiger partial charge >= 0.3 is 5.97 Å². The molecular weight excluding hydrogens is 577 g/mol. The quantitative estimate of drug-likeness (QED) is 0.278. The topological polar surface area (TPSA) is 64.6 Å². The summed E-state index contributed by atoms with van der Waals surface area (Å²) in [6, 6.07) is 20.8. The summed E-state index contributed by atoms with van der Waals surface area (Å²) >= 11 is 8.19. The van der Waals surface area contributed by atoms with E-state index in [1.807, 2.05) is 73.7 Å². The normalized spacial score (nSPS) is 16.6. The van der Waals surface area contributed by atoms with E-state index in [-0.39, 0.29) is 5.78 Å². The van der Waals surface area contributed by atoms with Crippen molar-refractivity contribution in [2.24, 2.45) is 0 Å². The third kappa shape index (κ3) is 4.25. The highest BCUT2D eigenvalue weighted by molar-refractivity contribution is 14.1. The number of halogens is 2. The molecule has 5 nitrogen and oxygen atoms in total. The van der Waals surface area contributed by atoms with Crippen LogP contribution in [0.3, 0.4) is 0 Å². The number of hydrogen-bond donors (Lipinski definition) is 1. The number of esters is 1. The van der Waals surface area contributed by atoms with Gasteiger partial charge in [0, 0.05) is 33.3 Å². The van der Waals surface area contributed by atoms with Crippen LogP contribution < -0.4 is 10.1 Å². The van der Waals surface area contributed by atoms with Gasteiger partial charge in [-0.1, -0.05) is 54.1 Å². The summed E-state index contributed by atoms with van der Waals surface area (Å²) in [6.07, 6.45) is 0. The van der Waals surface area contributed by atoms with Gasteiger partial charge in [0.05, 0.1) is 22.0 Å². The molecule has 0 amide bonds. The van der Waals surface area contributed by atoms with E-state index in [1.165, 1.54) is 7.11 Å². The minimum absolute atomic E-state index is 0.0833. The van der Waals surface area contributed by atoms with Crippen molar-refractivity contribution in [3.05, 3.63) is 114 Å². The number of fused-ring (bicyclic) bond motifs is 2. The fourth-order valence-electron chi connectivity index (χ4n) is 4.60. The Balaban J connectivity index is 1.53. The monoisotopic (exact) mass is 597 g/mol. The molecule has 3 aromatic rings. The number of methoxy groups -OCH3 is 1. The summed E-state index contributed by atoms with van der Waals surface area (Å²) in [4.78, 5) is 26.4. The van der Waals surface area contributed by atoms with Gasteiger partial charge in [-0.25, -0.2) is 4.79 Å². The average Bonchev–Trinajstić information content (AvgIpc) is 3.14. The van der Waals surface area contributed by atoms with Gasteiger partial charge in [0.25, 0.3) is 0 Å². The Kier molecular flexibility index (Phi) is 6.42. The second-order valence-corrected chi connectivity index (χ2v) is 9.96. The summed E-state index contributed by atoms with van der Waals surface area (Å²) in [7, 11) is 1.35. The van der Waals surface area contributed by atoms with Crippen molar-refractivity contribution in [2.75, 3.05) is 7.11 Å². The third-order valence-corrected chi connectivity index (χ3v) is 7.35. The predicted molar refractivity (Wildman–Crippen MR) is 143 cm³/mol. The highest BCUT2D eigenvalue weighted by atomic mass is 127. The second-order valence-electron chi connectivity index (χ2n) is 8.36. The van der Waals surface area contributed by atoms with Crippen molar-refractivity contribution in [3.8, 4) is 5.75 Å². The van der Waals surface area contributed by atoms with Crippen LogP contribution in [0.15, 0.2) is 83.6 Å². The van der Waals surface area contributed by atoms with Gasteiger partial charge in [-0.05, 0) is 64.9 Å². The van der Waals surface area contributed by atoms with Crippen LogP contribution in [0.25, 0.3) is 5.70 Å². The van der Waals surface area contributed by atoms with E-state index in [2.05, 4.69) is 27.9 Å². The van der Waals surface area contributed by atoms with Crippen LogP contribution in [0, 0.1) is 3.57 Å². The first kappa shape index (κ1) is 23.6. The molecule has 7 heteroatoms. The van der Waals surface area contributed by atoms with Gasteiger partial charge in [0.2, 0.25) is 0 Å². The van der Waals surface area contributed by atoms with E-state index >= 15 is 0 Å². The van der Waals surface area contributed by atoms with Crippen LogP contribution >= 0.6 is 34.2 Å². The molecule has 5 rings (SSSR count). The Morgan fingerprint density at radius 2 is 1.77 bits per heavy atom. The summed E-state index contributed by atoms with van der Waals surface area (Å²) in [5, 5.41) is 3.98. The summed E-state index contributed by atoms with van der Waals surface area (Å²) in [6.45, 7) is 2.23. The molecule has 1 aliphatic carbocycles. The maximum absolute atomic E-state index is 13.5. The first-order valence-corrected chi connectivity index (χ1v) is 12.5. The zero-order valence-corrected chi connectivity index (χ0v) is 21.9. The van der Waals surface area contributed by atoms with Crippen molar-refractivity contribution in [1.82, 2.24) is 5.32 Å². The number of allylic oxidation sites excluding steroid dienone is 2. The molecule has 0 bridgehead atoms. The Morgan fingerprint density at radius 1 is 1.06 bits per heavy atom. The lowest BCUT2D eigenvalue weighted by Gasteiger charge is -2.29. The highest BCUT2D eigenvalue weighted by Crippen LogP contribution is 2.47. The highest BCUT2D eigenvalue weighted by Gasteiger charge is 2.42. The number of benzene rings is 3. The smallest absolute Gasteiger partial charge is 0.336 e. The maximum atomic E-state index is 13.5. The Bertz CT molecular complexity index is 1430. The van der Waals surface area contributed by atoms with Crippen molar-refractivity contribution in [3.63, 3.8) is 0 Å². The van der Waals surface area contributed by atoms with Gasteiger partial charge in [-0.15, -0.1) is 0 Å². The molecular formula is C28H21ClINO4. The van der Waals surface area contributed by atoms with Crippen LogP contribution in [0.5, 0.6) is 5.75 Å². The van der Waals surface area contributed by atoms with Crippen molar-refractivity contribution < 1.29 is 19.1 Å². The van der Waals surface area contributed by atoms with E-state index in [1.54, 1.807) is 0 Å². The number of hydrogen-bond acceptors (Lipinski definition) is 5. The summed E-state index contributed by atoms with van der Waals surface area (Å²) in [5.41, 5.74) is 5.71. The molecule has 0 saturated heterocycles. The average molecular weight is 598 g/mol. The van der Waals surface area contributed by atoms with E-state index in [4.69, 9.17) is 21.1 Å². The van der Waals surface area contributed by atoms with Crippen LogP contribution in [-0.4, -0.2) is 18.9 Å². The van der Waals surface area contributed by atoms with Crippen LogP contribution in [0.4, 0.5) is 0 Å². The molecule has 176 valence electrons. The predicted octanol–water partition coefficient (Wildman–Crippen LogP) is 6.27. The molecule has 0 radical (unpaired) electrons. The van der Waals surface area contributed by atoms with Gasteiger partial charge in [0.1, 0.15) is 12.4 Å². The Labute approximate surface area is 221 Å². The van der Waals surface area contributed by atoms with E-state index in [9.17, 15) is 9.59 Å². The van der Waals surface area contributed by atoms with Crippen molar-refractivity contribution in [1.29, 1.82) is 0 Å². The molecule has 0 aromatic heterocycles. The minimum atomic E-state index is -0.558. The van der Waals surface area contributed by atoms with Gasteiger partial charge in [-0.3, -0.25) is 4.79 Å². The zero-order valence-electron chi connectivity index (χ0n) is 19.0. The third-order valence-electron chi connectivity index (χ3n) is 6.25. The van der Waals surface area contributed by atoms with E-state index in [0.29, 0.717) is 39.8 Å². The number of ether oxygens (including phenoxy) is 2. The zero-order chi connectivity index (χ0) is 24.7. The van der Waals surface area contributed by atoms with E-state index < -0.39 is 11.9 Å². The van der Waals surface area contributed by atoms with E-state index in [0.717, 1.165) is 26.0 Å². The summed E-state index contributed by atoms with van der Waals surface area (Å²) in [5.74, 6) is -0.389. The molecule has 3 aromatic carbocycles. The van der Waals surface area contributed by atoms with Gasteiger partial charge < -0.3 is 14.8 Å². The maximum Gasteiger partial charge on any atom is 0.336 e. The lowest BCUT2D eigenvalue weighted by Crippen LogP contribution is -2.29. The standard InChI is InChI=1S/C28H21ClINO4/c1-15-23(28(33)34-2)24(25-26(31-15)19-5-3-4-6-20(19)27(25)32)17-9-12-22(21(30)13-17)35-14-16-7-10-18(29)11-8-16/h3-13,24,31H,14H2,1-2H3/t24-/m1/s1. The second kappa shape index (κ2) is 9.51. The number of carbonyl (C=O) groups excluding carboxylic acids is 2. The lowest BCUT2D eigenvalue weighted by molar-refractivity contribution is -0.136. The van der Waals surface area contributed by atoms with Gasteiger partial charge in [0.15, 0.2) is 5.78 Å². The Hall–Kier alpha value is -3.10. The molecule has 0 unspecified atom stereocenters. The number of rotatable bonds is 5. The first-order chi connectivity index (χ1) is 16.9.